The number of hydrogen-bond donors (Lipinski definition) is 1. The van der Waals surface area contributed by atoms with Crippen molar-refractivity contribution in [3.05, 3.63) is 32.4 Å². The summed E-state index contributed by atoms with van der Waals surface area (Å²) < 4.78 is 1.12. The van der Waals surface area contributed by atoms with Crippen LogP contribution in [0.3, 0.4) is 0 Å². The van der Waals surface area contributed by atoms with Crippen molar-refractivity contribution in [3.63, 3.8) is 0 Å². The molecule has 1 fully saturated rings. The van der Waals surface area contributed by atoms with E-state index in [1.54, 1.807) is 0 Å². The topological polar surface area (TPSA) is 15.3 Å². The fourth-order valence-electron chi connectivity index (χ4n) is 2.33. The first-order valence-corrected chi connectivity index (χ1v) is 7.54. The Morgan fingerprint density at radius 3 is 3.06 bits per heavy atom. The summed E-state index contributed by atoms with van der Waals surface area (Å²) in [6.45, 7) is 6.58. The van der Waals surface area contributed by atoms with Crippen LogP contribution < -0.4 is 5.32 Å². The van der Waals surface area contributed by atoms with Gasteiger partial charge in [-0.2, -0.15) is 0 Å². The quantitative estimate of drug-likeness (QED) is 0.826. The van der Waals surface area contributed by atoms with E-state index < -0.39 is 0 Å². The van der Waals surface area contributed by atoms with E-state index in [1.165, 1.54) is 18.5 Å². The number of benzene rings is 1. The maximum absolute atomic E-state index is 6.14. The zero-order valence-electron chi connectivity index (χ0n) is 10.0. The van der Waals surface area contributed by atoms with Gasteiger partial charge in [0, 0.05) is 29.2 Å². The third kappa shape index (κ3) is 3.81. The van der Waals surface area contributed by atoms with Crippen LogP contribution in [-0.2, 0) is 6.54 Å². The van der Waals surface area contributed by atoms with Crippen molar-refractivity contribution in [1.82, 2.24) is 10.2 Å². The molecule has 0 spiro atoms. The molecule has 1 atom stereocenters. The SMILES string of the molecule is CCNC1CCN(Cc2ccc(I)c(Cl)c2)C1. The molecule has 1 aliphatic rings. The van der Waals surface area contributed by atoms with Crippen molar-refractivity contribution < 1.29 is 0 Å². The lowest BCUT2D eigenvalue weighted by molar-refractivity contribution is 0.321. The Kier molecular flexibility index (Phi) is 5.09. The smallest absolute Gasteiger partial charge is 0.0542 e. The van der Waals surface area contributed by atoms with Gasteiger partial charge in [-0.05, 0) is 53.3 Å². The molecule has 0 amide bonds. The van der Waals surface area contributed by atoms with Gasteiger partial charge >= 0.3 is 0 Å². The number of likely N-dealkylation sites (N-methyl/N-ethyl adjacent to an activating group) is 1. The van der Waals surface area contributed by atoms with E-state index in [0.717, 1.165) is 28.2 Å². The van der Waals surface area contributed by atoms with E-state index in [2.05, 4.69) is 57.9 Å². The van der Waals surface area contributed by atoms with E-state index in [-0.39, 0.29) is 0 Å². The summed E-state index contributed by atoms with van der Waals surface area (Å²) >= 11 is 8.40. The predicted molar refractivity (Wildman–Crippen MR) is 81.5 cm³/mol. The van der Waals surface area contributed by atoms with Crippen LogP contribution in [0.2, 0.25) is 5.02 Å². The molecule has 0 aliphatic carbocycles. The van der Waals surface area contributed by atoms with Crippen molar-refractivity contribution in [2.24, 2.45) is 0 Å². The standard InChI is InChI=1S/C13H18ClIN2/c1-2-16-11-5-6-17(9-11)8-10-3-4-13(15)12(14)7-10/h3-4,7,11,16H,2,5-6,8-9H2,1H3. The highest BCUT2D eigenvalue weighted by molar-refractivity contribution is 14.1. The van der Waals surface area contributed by atoms with Crippen LogP contribution in [0.4, 0.5) is 0 Å². The normalized spacial score (nSPS) is 21.0. The molecule has 1 saturated heterocycles. The molecule has 0 bridgehead atoms. The lowest BCUT2D eigenvalue weighted by atomic mass is 10.2. The number of hydrogen-bond acceptors (Lipinski definition) is 2. The molecule has 0 saturated carbocycles. The minimum atomic E-state index is 0.666. The Morgan fingerprint density at radius 2 is 2.35 bits per heavy atom. The first kappa shape index (κ1) is 13.6. The largest absolute Gasteiger partial charge is 0.313 e. The van der Waals surface area contributed by atoms with Crippen LogP contribution in [0.15, 0.2) is 18.2 Å². The average molecular weight is 365 g/mol. The monoisotopic (exact) mass is 364 g/mol. The lowest BCUT2D eigenvalue weighted by Gasteiger charge is -2.16. The third-order valence-electron chi connectivity index (χ3n) is 3.16. The zero-order chi connectivity index (χ0) is 12.3. The molecular weight excluding hydrogens is 347 g/mol. The Bertz CT molecular complexity index is 384. The number of rotatable bonds is 4. The van der Waals surface area contributed by atoms with Gasteiger partial charge in [0.2, 0.25) is 0 Å². The Morgan fingerprint density at radius 1 is 1.53 bits per heavy atom. The maximum atomic E-state index is 6.14. The Balaban J connectivity index is 1.91. The first-order chi connectivity index (χ1) is 8.19. The first-order valence-electron chi connectivity index (χ1n) is 6.08. The summed E-state index contributed by atoms with van der Waals surface area (Å²) in [6.07, 6.45) is 1.26. The van der Waals surface area contributed by atoms with Crippen molar-refractivity contribution in [3.8, 4) is 0 Å². The summed E-state index contributed by atoms with van der Waals surface area (Å²) in [5.74, 6) is 0. The predicted octanol–water partition coefficient (Wildman–Crippen LogP) is 3.13. The fraction of sp³-hybridized carbons (Fsp3) is 0.538. The van der Waals surface area contributed by atoms with Crippen LogP contribution in [0.25, 0.3) is 0 Å². The molecular formula is C13H18ClIN2. The van der Waals surface area contributed by atoms with Gasteiger partial charge in [-0.15, -0.1) is 0 Å². The molecule has 0 aromatic heterocycles. The van der Waals surface area contributed by atoms with Gasteiger partial charge in [0.1, 0.15) is 0 Å². The lowest BCUT2D eigenvalue weighted by Crippen LogP contribution is -2.32. The van der Waals surface area contributed by atoms with Crippen LogP contribution in [-0.4, -0.2) is 30.6 Å². The van der Waals surface area contributed by atoms with Gasteiger partial charge in [-0.3, -0.25) is 4.90 Å². The minimum Gasteiger partial charge on any atom is -0.313 e. The summed E-state index contributed by atoms with van der Waals surface area (Å²) in [4.78, 5) is 2.49. The molecule has 0 radical (unpaired) electrons. The number of likely N-dealkylation sites (tertiary alicyclic amines) is 1. The maximum Gasteiger partial charge on any atom is 0.0542 e. The van der Waals surface area contributed by atoms with Crippen LogP contribution in [0.1, 0.15) is 18.9 Å². The van der Waals surface area contributed by atoms with E-state index in [0.29, 0.717) is 6.04 Å². The average Bonchev–Trinajstić information content (AvgIpc) is 2.72. The van der Waals surface area contributed by atoms with E-state index in [4.69, 9.17) is 11.6 Å². The fourth-order valence-corrected chi connectivity index (χ4v) is 2.87. The van der Waals surface area contributed by atoms with Gasteiger partial charge in [0.15, 0.2) is 0 Å². The van der Waals surface area contributed by atoms with Gasteiger partial charge < -0.3 is 5.32 Å². The molecule has 17 heavy (non-hydrogen) atoms. The zero-order valence-corrected chi connectivity index (χ0v) is 13.0. The van der Waals surface area contributed by atoms with Crippen molar-refractivity contribution in [2.45, 2.75) is 25.9 Å². The molecule has 1 N–H and O–H groups in total. The van der Waals surface area contributed by atoms with Gasteiger partial charge in [0.25, 0.3) is 0 Å². The third-order valence-corrected chi connectivity index (χ3v) is 4.73. The second kappa shape index (κ2) is 6.36. The van der Waals surface area contributed by atoms with E-state index in [9.17, 15) is 0 Å². The molecule has 1 heterocycles. The highest BCUT2D eigenvalue weighted by atomic mass is 127. The van der Waals surface area contributed by atoms with Crippen molar-refractivity contribution >= 4 is 34.2 Å². The second-order valence-corrected chi connectivity index (χ2v) is 6.10. The highest BCUT2D eigenvalue weighted by Gasteiger charge is 2.21. The molecule has 4 heteroatoms. The molecule has 1 unspecified atom stereocenters. The van der Waals surface area contributed by atoms with E-state index >= 15 is 0 Å². The highest BCUT2D eigenvalue weighted by Crippen LogP contribution is 2.21. The van der Waals surface area contributed by atoms with Gasteiger partial charge in [-0.1, -0.05) is 24.6 Å². The molecule has 94 valence electrons. The molecule has 2 nitrogen and oxygen atoms in total. The summed E-state index contributed by atoms with van der Waals surface area (Å²) in [6, 6.07) is 7.02. The molecule has 1 aromatic rings. The van der Waals surface area contributed by atoms with Gasteiger partial charge in [0.05, 0.1) is 5.02 Å². The Hall–Kier alpha value is 0.160. The van der Waals surface area contributed by atoms with Crippen LogP contribution in [0, 0.1) is 3.57 Å². The van der Waals surface area contributed by atoms with E-state index in [1.807, 2.05) is 0 Å². The summed E-state index contributed by atoms with van der Waals surface area (Å²) in [5.41, 5.74) is 1.31. The minimum absolute atomic E-state index is 0.666. The number of halogens is 2. The number of nitrogens with one attached hydrogen (secondary N) is 1. The van der Waals surface area contributed by atoms with Crippen LogP contribution >= 0.6 is 34.2 Å². The van der Waals surface area contributed by atoms with Gasteiger partial charge in [-0.25, -0.2) is 0 Å². The molecule has 1 aliphatic heterocycles. The summed E-state index contributed by atoms with van der Waals surface area (Å²) in [7, 11) is 0. The van der Waals surface area contributed by atoms with Crippen molar-refractivity contribution in [2.75, 3.05) is 19.6 Å². The number of nitrogens with zero attached hydrogens (tertiary/aromatic N) is 1. The molecule has 2 rings (SSSR count). The van der Waals surface area contributed by atoms with Crippen LogP contribution in [0.5, 0.6) is 0 Å². The second-order valence-electron chi connectivity index (χ2n) is 4.53. The molecule has 1 aromatic carbocycles. The Labute approximate surface area is 122 Å². The van der Waals surface area contributed by atoms with Crippen molar-refractivity contribution in [1.29, 1.82) is 0 Å². The summed E-state index contributed by atoms with van der Waals surface area (Å²) in [5, 5.41) is 4.38.